The third-order valence-electron chi connectivity index (χ3n) is 2.79. The van der Waals surface area contributed by atoms with Crippen LogP contribution in [0.1, 0.15) is 32.4 Å². The van der Waals surface area contributed by atoms with Crippen LogP contribution in [0.4, 0.5) is 5.69 Å². The first kappa shape index (κ1) is 14.7. The predicted molar refractivity (Wildman–Crippen MR) is 73.4 cm³/mol. The largest absolute Gasteiger partial charge is 0.396 e. The van der Waals surface area contributed by atoms with E-state index in [0.717, 1.165) is 17.8 Å². The summed E-state index contributed by atoms with van der Waals surface area (Å²) in [4.78, 5) is 11.0. The van der Waals surface area contributed by atoms with Gasteiger partial charge in [0.05, 0.1) is 0 Å². The van der Waals surface area contributed by atoms with Crippen LogP contribution in [0, 0.1) is 5.92 Å². The maximum Gasteiger partial charge on any atom is 0.221 e. The molecule has 3 N–H and O–H groups in total. The smallest absolute Gasteiger partial charge is 0.221 e. The molecule has 2 unspecified atom stereocenters. The average molecular weight is 250 g/mol. The molecule has 0 radical (unpaired) electrons. The van der Waals surface area contributed by atoms with E-state index in [1.54, 1.807) is 0 Å². The number of nitrogens with one attached hydrogen (secondary N) is 2. The summed E-state index contributed by atoms with van der Waals surface area (Å²) >= 11 is 0. The number of aliphatic hydroxyl groups is 1. The van der Waals surface area contributed by atoms with Crippen LogP contribution >= 0.6 is 0 Å². The lowest BCUT2D eigenvalue weighted by atomic mass is 10.1. The molecule has 0 heterocycles. The van der Waals surface area contributed by atoms with Crippen LogP contribution in [0.25, 0.3) is 0 Å². The van der Waals surface area contributed by atoms with Gasteiger partial charge in [-0.2, -0.15) is 0 Å². The molecule has 1 aromatic carbocycles. The van der Waals surface area contributed by atoms with Crippen LogP contribution in [0.5, 0.6) is 0 Å². The molecule has 1 amide bonds. The second-order valence-electron chi connectivity index (χ2n) is 4.72. The minimum absolute atomic E-state index is 0.0679. The van der Waals surface area contributed by atoms with Gasteiger partial charge >= 0.3 is 0 Å². The van der Waals surface area contributed by atoms with Gasteiger partial charge in [0.15, 0.2) is 0 Å². The maximum atomic E-state index is 11.0. The summed E-state index contributed by atoms with van der Waals surface area (Å²) in [5.74, 6) is 0.174. The molecule has 0 saturated heterocycles. The topological polar surface area (TPSA) is 61.4 Å². The van der Waals surface area contributed by atoms with Crippen LogP contribution in [0.2, 0.25) is 0 Å². The van der Waals surface area contributed by atoms with Crippen molar-refractivity contribution in [3.8, 4) is 0 Å². The molecule has 0 saturated carbocycles. The zero-order valence-electron chi connectivity index (χ0n) is 11.2. The summed E-state index contributed by atoms with van der Waals surface area (Å²) in [6.45, 7) is 6.51. The van der Waals surface area contributed by atoms with Crippen molar-refractivity contribution in [3.63, 3.8) is 0 Å². The number of carbonyl (C=O) groups is 1. The van der Waals surface area contributed by atoms with Gasteiger partial charge in [-0.25, -0.2) is 0 Å². The molecule has 2 atom stereocenters. The van der Waals surface area contributed by atoms with Gasteiger partial charge in [-0.3, -0.25) is 4.79 Å². The van der Waals surface area contributed by atoms with Crippen molar-refractivity contribution in [2.45, 2.75) is 26.8 Å². The number of benzene rings is 1. The molecule has 0 aliphatic heterocycles. The fourth-order valence-electron chi connectivity index (χ4n) is 1.65. The molecule has 0 spiro atoms. The molecular weight excluding hydrogens is 228 g/mol. The van der Waals surface area contributed by atoms with E-state index in [1.807, 2.05) is 31.2 Å². The molecule has 0 aromatic heterocycles. The summed E-state index contributed by atoms with van der Waals surface area (Å²) in [6.07, 6.45) is 0. The van der Waals surface area contributed by atoms with Crippen LogP contribution in [-0.4, -0.2) is 24.2 Å². The molecule has 4 heteroatoms. The monoisotopic (exact) mass is 250 g/mol. The Morgan fingerprint density at radius 1 is 1.39 bits per heavy atom. The van der Waals surface area contributed by atoms with Gasteiger partial charge in [-0.15, -0.1) is 0 Å². The lowest BCUT2D eigenvalue weighted by molar-refractivity contribution is -0.114. The first-order valence-corrected chi connectivity index (χ1v) is 6.24. The van der Waals surface area contributed by atoms with Crippen molar-refractivity contribution >= 4 is 11.6 Å². The number of amides is 1. The molecule has 0 bridgehead atoms. The van der Waals surface area contributed by atoms with Crippen molar-refractivity contribution < 1.29 is 9.90 Å². The number of aliphatic hydroxyl groups excluding tert-OH is 1. The van der Waals surface area contributed by atoms with Crippen molar-refractivity contribution in [3.05, 3.63) is 29.8 Å². The molecule has 100 valence electrons. The Morgan fingerprint density at radius 2 is 2.11 bits per heavy atom. The highest BCUT2D eigenvalue weighted by atomic mass is 16.3. The zero-order chi connectivity index (χ0) is 13.5. The highest BCUT2D eigenvalue weighted by molar-refractivity contribution is 5.88. The van der Waals surface area contributed by atoms with Crippen molar-refractivity contribution in [2.75, 3.05) is 18.5 Å². The van der Waals surface area contributed by atoms with Crippen LogP contribution in [-0.2, 0) is 4.79 Å². The molecule has 1 rings (SSSR count). The highest BCUT2D eigenvalue weighted by Crippen LogP contribution is 2.17. The molecule has 0 aliphatic rings. The minimum atomic E-state index is -0.0679. The summed E-state index contributed by atoms with van der Waals surface area (Å²) in [5, 5.41) is 15.1. The summed E-state index contributed by atoms with van der Waals surface area (Å²) in [7, 11) is 0. The van der Waals surface area contributed by atoms with E-state index in [4.69, 9.17) is 5.11 Å². The fraction of sp³-hybridized carbons (Fsp3) is 0.500. The Labute approximate surface area is 108 Å². The third kappa shape index (κ3) is 4.85. The molecule has 0 fully saturated rings. The van der Waals surface area contributed by atoms with Gasteiger partial charge in [0.25, 0.3) is 0 Å². The van der Waals surface area contributed by atoms with Crippen LogP contribution < -0.4 is 10.6 Å². The van der Waals surface area contributed by atoms with E-state index in [9.17, 15) is 4.79 Å². The van der Waals surface area contributed by atoms with Gasteiger partial charge in [-0.05, 0) is 30.5 Å². The van der Waals surface area contributed by atoms with Crippen LogP contribution in [0.3, 0.4) is 0 Å². The molecule has 18 heavy (non-hydrogen) atoms. The molecule has 0 aliphatic carbocycles. The average Bonchev–Trinajstić information content (AvgIpc) is 2.35. The summed E-state index contributed by atoms with van der Waals surface area (Å²) in [5.41, 5.74) is 1.93. The van der Waals surface area contributed by atoms with E-state index in [2.05, 4.69) is 17.6 Å². The van der Waals surface area contributed by atoms with Crippen molar-refractivity contribution in [1.82, 2.24) is 5.32 Å². The van der Waals surface area contributed by atoms with Gasteiger partial charge in [0, 0.05) is 31.8 Å². The summed E-state index contributed by atoms with van der Waals surface area (Å²) < 4.78 is 0. The number of anilines is 1. The number of hydrogen-bond acceptors (Lipinski definition) is 3. The Bertz CT molecular complexity index is 393. The van der Waals surface area contributed by atoms with E-state index >= 15 is 0 Å². The predicted octanol–water partition coefficient (Wildman–Crippen LogP) is 1.92. The summed E-state index contributed by atoms with van der Waals surface area (Å²) in [6, 6.07) is 7.96. The number of rotatable bonds is 6. The van der Waals surface area contributed by atoms with E-state index in [-0.39, 0.29) is 24.5 Å². The quantitative estimate of drug-likeness (QED) is 0.723. The van der Waals surface area contributed by atoms with Crippen molar-refractivity contribution in [2.24, 2.45) is 5.92 Å². The Hall–Kier alpha value is -1.39. The lowest BCUT2D eigenvalue weighted by Gasteiger charge is -2.17. The van der Waals surface area contributed by atoms with Crippen LogP contribution in [0.15, 0.2) is 24.3 Å². The second kappa shape index (κ2) is 7.13. The molecule has 1 aromatic rings. The third-order valence-corrected chi connectivity index (χ3v) is 2.79. The molecular formula is C14H22N2O2. The van der Waals surface area contributed by atoms with Crippen molar-refractivity contribution in [1.29, 1.82) is 0 Å². The highest BCUT2D eigenvalue weighted by Gasteiger charge is 2.07. The van der Waals surface area contributed by atoms with E-state index in [0.29, 0.717) is 0 Å². The van der Waals surface area contributed by atoms with Gasteiger partial charge in [-0.1, -0.05) is 19.1 Å². The normalized spacial score (nSPS) is 14.0. The first-order chi connectivity index (χ1) is 8.52. The maximum absolute atomic E-state index is 11.0. The van der Waals surface area contributed by atoms with Gasteiger partial charge < -0.3 is 15.7 Å². The molecule has 4 nitrogen and oxygen atoms in total. The standard InChI is InChI=1S/C14H22N2O2/c1-10(9-17)8-15-11(2)13-5-4-6-14(7-13)16-12(3)18/h4-7,10-11,15,17H,8-9H2,1-3H3,(H,16,18). The number of hydrogen-bond donors (Lipinski definition) is 3. The first-order valence-electron chi connectivity index (χ1n) is 6.24. The van der Waals surface area contributed by atoms with Gasteiger partial charge in [0.2, 0.25) is 5.91 Å². The Morgan fingerprint density at radius 3 is 2.72 bits per heavy atom. The van der Waals surface area contributed by atoms with E-state index < -0.39 is 0 Å². The zero-order valence-corrected chi connectivity index (χ0v) is 11.2. The van der Waals surface area contributed by atoms with E-state index in [1.165, 1.54) is 6.92 Å². The SMILES string of the molecule is CC(=O)Nc1cccc(C(C)NCC(C)CO)c1. The lowest BCUT2D eigenvalue weighted by Crippen LogP contribution is -2.26. The fourth-order valence-corrected chi connectivity index (χ4v) is 1.65. The minimum Gasteiger partial charge on any atom is -0.396 e. The number of carbonyl (C=O) groups excluding carboxylic acids is 1. The Balaban J connectivity index is 2.62. The Kier molecular flexibility index (Phi) is 5.82. The van der Waals surface area contributed by atoms with Gasteiger partial charge in [0.1, 0.15) is 0 Å². The second-order valence-corrected chi connectivity index (χ2v) is 4.72.